The van der Waals surface area contributed by atoms with Gasteiger partial charge in [0, 0.05) is 19.7 Å². The van der Waals surface area contributed by atoms with Gasteiger partial charge in [-0.15, -0.1) is 0 Å². The van der Waals surface area contributed by atoms with Crippen molar-refractivity contribution in [1.82, 2.24) is 4.98 Å². The quantitative estimate of drug-likeness (QED) is 0.421. The van der Waals surface area contributed by atoms with Crippen molar-refractivity contribution in [3.8, 4) is 0 Å². The van der Waals surface area contributed by atoms with E-state index in [1.807, 2.05) is 0 Å². The van der Waals surface area contributed by atoms with Crippen LogP contribution in [0.1, 0.15) is 0 Å². The molecule has 0 radical (unpaired) electrons. The summed E-state index contributed by atoms with van der Waals surface area (Å²) in [5.74, 6) is 0.237. The summed E-state index contributed by atoms with van der Waals surface area (Å²) in [4.78, 5) is 13.8. The summed E-state index contributed by atoms with van der Waals surface area (Å²) in [6, 6.07) is 1.42. The van der Waals surface area contributed by atoms with Crippen LogP contribution in [0.15, 0.2) is 12.3 Å². The van der Waals surface area contributed by atoms with Gasteiger partial charge in [0.2, 0.25) is 0 Å². The number of anilines is 2. The molecule has 0 aliphatic rings. The fourth-order valence-electron chi connectivity index (χ4n) is 1.04. The molecule has 0 fully saturated rings. The molecule has 0 aliphatic carbocycles. The van der Waals surface area contributed by atoms with Gasteiger partial charge in [0.15, 0.2) is 0 Å². The lowest BCUT2D eigenvalue weighted by molar-refractivity contribution is -0.384. The van der Waals surface area contributed by atoms with Crippen LogP contribution in [0.2, 0.25) is 0 Å². The molecule has 0 unspecified atom stereocenters. The first-order valence-corrected chi connectivity index (χ1v) is 4.28. The van der Waals surface area contributed by atoms with Crippen molar-refractivity contribution < 1.29 is 9.66 Å². The summed E-state index contributed by atoms with van der Waals surface area (Å²) in [5, 5.41) is 13.5. The number of nitrogens with two attached hydrogens (primary N) is 1. The average Bonchev–Trinajstić information content (AvgIpc) is 2.18. The number of nitrogens with one attached hydrogen (secondary N) is 1. The molecule has 1 heterocycles. The molecule has 7 heteroatoms. The molecule has 0 atom stereocenters. The highest BCUT2D eigenvalue weighted by Gasteiger charge is 2.13. The highest BCUT2D eigenvalue weighted by Crippen LogP contribution is 2.24. The van der Waals surface area contributed by atoms with Gasteiger partial charge in [-0.05, 0) is 0 Å². The minimum absolute atomic E-state index is 0.0969. The predicted octanol–water partition coefficient (Wildman–Crippen LogP) is 0.630. The molecule has 0 saturated heterocycles. The predicted molar refractivity (Wildman–Crippen MR) is 55.7 cm³/mol. The Labute approximate surface area is 86.4 Å². The fourth-order valence-corrected chi connectivity index (χ4v) is 1.04. The van der Waals surface area contributed by atoms with Crippen LogP contribution in [0, 0.1) is 10.1 Å². The second kappa shape index (κ2) is 5.11. The monoisotopic (exact) mass is 212 g/mol. The van der Waals surface area contributed by atoms with Crippen LogP contribution in [0.4, 0.5) is 17.2 Å². The van der Waals surface area contributed by atoms with Gasteiger partial charge in [-0.25, -0.2) is 4.98 Å². The van der Waals surface area contributed by atoms with E-state index in [1.165, 1.54) is 6.07 Å². The van der Waals surface area contributed by atoms with Crippen molar-refractivity contribution in [2.75, 3.05) is 31.3 Å². The first kappa shape index (κ1) is 11.2. The zero-order chi connectivity index (χ0) is 11.3. The lowest BCUT2D eigenvalue weighted by Gasteiger charge is -2.06. The van der Waals surface area contributed by atoms with E-state index in [1.54, 1.807) is 7.11 Å². The molecule has 0 spiro atoms. The number of aromatic nitrogens is 1. The zero-order valence-electron chi connectivity index (χ0n) is 8.27. The van der Waals surface area contributed by atoms with Gasteiger partial charge in [-0.2, -0.15) is 0 Å². The standard InChI is InChI=1S/C8H12N4O3/c1-15-3-2-10-6-4-8(9)11-5-7(6)12(13)14/h4-5H,2-3H2,1H3,(H3,9,10,11). The number of hydrogen-bond donors (Lipinski definition) is 2. The lowest BCUT2D eigenvalue weighted by atomic mass is 10.3. The van der Waals surface area contributed by atoms with Crippen molar-refractivity contribution in [2.24, 2.45) is 0 Å². The van der Waals surface area contributed by atoms with E-state index in [0.717, 1.165) is 6.20 Å². The summed E-state index contributed by atoms with van der Waals surface area (Å²) in [7, 11) is 1.55. The van der Waals surface area contributed by atoms with E-state index in [4.69, 9.17) is 10.5 Å². The SMILES string of the molecule is COCCNc1cc(N)ncc1[N+](=O)[O-]. The number of hydrogen-bond acceptors (Lipinski definition) is 6. The van der Waals surface area contributed by atoms with Crippen LogP contribution in [-0.4, -0.2) is 30.2 Å². The first-order valence-electron chi connectivity index (χ1n) is 4.28. The van der Waals surface area contributed by atoms with Gasteiger partial charge >= 0.3 is 5.69 Å². The summed E-state index contributed by atoms with van der Waals surface area (Å²) < 4.78 is 4.81. The largest absolute Gasteiger partial charge is 0.384 e. The smallest absolute Gasteiger partial charge is 0.310 e. The minimum Gasteiger partial charge on any atom is -0.384 e. The molecular formula is C8H12N4O3. The molecule has 1 rings (SSSR count). The summed E-state index contributed by atoms with van der Waals surface area (Å²) in [5.41, 5.74) is 5.68. The second-order valence-electron chi connectivity index (χ2n) is 2.80. The Morgan fingerprint density at radius 2 is 2.47 bits per heavy atom. The molecular weight excluding hydrogens is 200 g/mol. The topological polar surface area (TPSA) is 103 Å². The van der Waals surface area contributed by atoms with E-state index >= 15 is 0 Å². The van der Waals surface area contributed by atoms with E-state index < -0.39 is 4.92 Å². The highest BCUT2D eigenvalue weighted by molar-refractivity contribution is 5.64. The third kappa shape index (κ3) is 3.06. The Morgan fingerprint density at radius 1 is 1.73 bits per heavy atom. The number of nitrogens with zero attached hydrogens (tertiary/aromatic N) is 2. The van der Waals surface area contributed by atoms with Crippen LogP contribution in [0.25, 0.3) is 0 Å². The Balaban J connectivity index is 2.82. The molecule has 0 amide bonds. The number of ether oxygens (including phenoxy) is 1. The first-order chi connectivity index (χ1) is 7.15. The van der Waals surface area contributed by atoms with Crippen molar-refractivity contribution in [1.29, 1.82) is 0 Å². The molecule has 15 heavy (non-hydrogen) atoms. The summed E-state index contributed by atoms with van der Waals surface area (Å²) in [6.45, 7) is 0.931. The molecule has 1 aromatic rings. The Kier molecular flexibility index (Phi) is 3.81. The number of methoxy groups -OCH3 is 1. The van der Waals surface area contributed by atoms with Crippen LogP contribution < -0.4 is 11.1 Å². The molecule has 0 bridgehead atoms. The normalized spacial score (nSPS) is 9.93. The number of nitrogen functional groups attached to an aromatic ring is 1. The Bertz CT molecular complexity index is 356. The summed E-state index contributed by atoms with van der Waals surface area (Å²) in [6.07, 6.45) is 1.13. The van der Waals surface area contributed by atoms with Gasteiger partial charge < -0.3 is 15.8 Å². The molecule has 0 aromatic carbocycles. The minimum atomic E-state index is -0.512. The second-order valence-corrected chi connectivity index (χ2v) is 2.80. The van der Waals surface area contributed by atoms with E-state index in [2.05, 4.69) is 10.3 Å². The number of rotatable bonds is 5. The maximum Gasteiger partial charge on any atom is 0.310 e. The third-order valence-corrected chi connectivity index (χ3v) is 1.72. The summed E-state index contributed by atoms with van der Waals surface area (Å²) >= 11 is 0. The van der Waals surface area contributed by atoms with Gasteiger partial charge in [-0.1, -0.05) is 0 Å². The molecule has 3 N–H and O–H groups in total. The van der Waals surface area contributed by atoms with Gasteiger partial charge in [0.25, 0.3) is 0 Å². The fraction of sp³-hybridized carbons (Fsp3) is 0.375. The van der Waals surface area contributed by atoms with Gasteiger partial charge in [0.1, 0.15) is 17.7 Å². The maximum atomic E-state index is 10.6. The van der Waals surface area contributed by atoms with E-state index in [9.17, 15) is 10.1 Å². The van der Waals surface area contributed by atoms with Crippen LogP contribution in [-0.2, 0) is 4.74 Å². The van der Waals surface area contributed by atoms with Crippen LogP contribution in [0.3, 0.4) is 0 Å². The molecule has 0 aliphatic heterocycles. The van der Waals surface area contributed by atoms with E-state index in [0.29, 0.717) is 18.8 Å². The zero-order valence-corrected chi connectivity index (χ0v) is 8.27. The number of nitro groups is 1. The van der Waals surface area contributed by atoms with Gasteiger partial charge in [-0.3, -0.25) is 10.1 Å². The highest BCUT2D eigenvalue weighted by atomic mass is 16.6. The number of pyridine rings is 1. The van der Waals surface area contributed by atoms with Gasteiger partial charge in [0.05, 0.1) is 11.5 Å². The van der Waals surface area contributed by atoms with Crippen LogP contribution >= 0.6 is 0 Å². The Hall–Kier alpha value is -1.89. The van der Waals surface area contributed by atoms with Crippen molar-refractivity contribution >= 4 is 17.2 Å². The third-order valence-electron chi connectivity index (χ3n) is 1.72. The maximum absolute atomic E-state index is 10.6. The molecule has 7 nitrogen and oxygen atoms in total. The van der Waals surface area contributed by atoms with Crippen molar-refractivity contribution in [2.45, 2.75) is 0 Å². The molecule has 0 saturated carbocycles. The molecule has 1 aromatic heterocycles. The van der Waals surface area contributed by atoms with Crippen molar-refractivity contribution in [3.63, 3.8) is 0 Å². The lowest BCUT2D eigenvalue weighted by Crippen LogP contribution is -2.10. The van der Waals surface area contributed by atoms with E-state index in [-0.39, 0.29) is 11.5 Å². The van der Waals surface area contributed by atoms with Crippen LogP contribution in [0.5, 0.6) is 0 Å². The van der Waals surface area contributed by atoms with Crippen molar-refractivity contribution in [3.05, 3.63) is 22.4 Å². The average molecular weight is 212 g/mol. The Morgan fingerprint density at radius 3 is 3.07 bits per heavy atom. The molecule has 82 valence electrons.